The summed E-state index contributed by atoms with van der Waals surface area (Å²) in [5.74, 6) is -2.34. The van der Waals surface area contributed by atoms with Crippen LogP contribution in [0.15, 0.2) is 48.5 Å². The zero-order valence-corrected chi connectivity index (χ0v) is 16.0. The maximum Gasteiger partial charge on any atom is 0.419 e. The van der Waals surface area contributed by atoms with Gasteiger partial charge < -0.3 is 15.8 Å². The van der Waals surface area contributed by atoms with Crippen molar-refractivity contribution in [2.45, 2.75) is 20.0 Å². The summed E-state index contributed by atoms with van der Waals surface area (Å²) in [6, 6.07) is 10.1. The highest BCUT2D eigenvalue weighted by atomic mass is 19.4. The quantitative estimate of drug-likeness (QED) is 0.549. The Morgan fingerprint density at radius 1 is 1.10 bits per heavy atom. The van der Waals surface area contributed by atoms with Gasteiger partial charge >= 0.3 is 6.18 Å². The number of nitrogens with one attached hydrogen (secondary N) is 1. The Morgan fingerprint density at radius 2 is 1.77 bits per heavy atom. The molecule has 0 fully saturated rings. The molecule has 0 bridgehead atoms. The van der Waals surface area contributed by atoms with Crippen molar-refractivity contribution in [2.24, 2.45) is 0 Å². The van der Waals surface area contributed by atoms with Crippen molar-refractivity contribution < 1.29 is 27.1 Å². The average molecular weight is 419 g/mol. The normalized spacial score (nSPS) is 11.3. The largest absolute Gasteiger partial charge is 0.454 e. The first-order chi connectivity index (χ1) is 14.1. The number of hydrogen-bond donors (Lipinski definition) is 2. The number of halogens is 4. The lowest BCUT2D eigenvalue weighted by molar-refractivity contribution is -0.140. The smallest absolute Gasteiger partial charge is 0.419 e. The highest BCUT2D eigenvalue weighted by Crippen LogP contribution is 2.36. The zero-order chi connectivity index (χ0) is 22.1. The van der Waals surface area contributed by atoms with E-state index in [1.165, 1.54) is 24.3 Å². The van der Waals surface area contributed by atoms with Gasteiger partial charge in [-0.05, 0) is 61.9 Å². The van der Waals surface area contributed by atoms with Crippen LogP contribution in [0.2, 0.25) is 0 Å². The van der Waals surface area contributed by atoms with Gasteiger partial charge in [-0.1, -0.05) is 6.07 Å². The molecule has 0 radical (unpaired) electrons. The van der Waals surface area contributed by atoms with Gasteiger partial charge in [0.05, 0.1) is 11.1 Å². The van der Waals surface area contributed by atoms with Crippen LogP contribution in [0.1, 0.15) is 27.2 Å². The highest BCUT2D eigenvalue weighted by molar-refractivity contribution is 6.07. The van der Waals surface area contributed by atoms with Crippen LogP contribution in [0.3, 0.4) is 0 Å². The fourth-order valence-corrected chi connectivity index (χ4v) is 2.65. The molecule has 0 atom stereocenters. The molecule has 3 N–H and O–H groups in total. The summed E-state index contributed by atoms with van der Waals surface area (Å²) in [4.78, 5) is 16.5. The number of pyridine rings is 1. The number of nitrogens with two attached hydrogens (primary N) is 1. The summed E-state index contributed by atoms with van der Waals surface area (Å²) >= 11 is 0. The third-order valence-electron chi connectivity index (χ3n) is 4.35. The average Bonchev–Trinajstić information content (AvgIpc) is 2.67. The topological polar surface area (TPSA) is 77.2 Å². The van der Waals surface area contributed by atoms with E-state index in [9.17, 15) is 22.4 Å². The molecule has 1 heterocycles. The number of aromatic nitrogens is 1. The van der Waals surface area contributed by atoms with Crippen LogP contribution in [0.5, 0.6) is 11.5 Å². The van der Waals surface area contributed by atoms with Gasteiger partial charge in [-0.2, -0.15) is 13.2 Å². The van der Waals surface area contributed by atoms with E-state index in [-0.39, 0.29) is 17.1 Å². The van der Waals surface area contributed by atoms with Crippen LogP contribution in [0, 0.1) is 19.7 Å². The second kappa shape index (κ2) is 8.02. The standard InChI is InChI=1S/C21H17F4N3O2/c1-11-10-15(19(26)27-12(11)2)20(29)28-13-6-8-14(9-7-13)30-17-5-3-4-16(18(17)22)21(23,24)25/h3-10H,1-2H3,(H2,26,27)(H,28,29). The van der Waals surface area contributed by atoms with Gasteiger partial charge in [-0.25, -0.2) is 9.37 Å². The number of alkyl halides is 3. The monoisotopic (exact) mass is 419 g/mol. The first kappa shape index (κ1) is 21.1. The number of anilines is 2. The molecule has 0 unspecified atom stereocenters. The summed E-state index contributed by atoms with van der Waals surface area (Å²) in [5.41, 5.74) is 6.51. The molecule has 0 aliphatic carbocycles. The van der Waals surface area contributed by atoms with Gasteiger partial charge in [0.2, 0.25) is 0 Å². The number of benzene rings is 2. The molecule has 156 valence electrons. The molecule has 5 nitrogen and oxygen atoms in total. The van der Waals surface area contributed by atoms with E-state index in [1.54, 1.807) is 19.9 Å². The number of ether oxygens (including phenoxy) is 1. The summed E-state index contributed by atoms with van der Waals surface area (Å²) in [7, 11) is 0. The third kappa shape index (κ3) is 4.51. The Kier molecular flexibility index (Phi) is 5.64. The number of nitrogen functional groups attached to an aromatic ring is 1. The molecule has 0 spiro atoms. The maximum atomic E-state index is 14.1. The van der Waals surface area contributed by atoms with E-state index < -0.39 is 29.2 Å². The second-order valence-corrected chi connectivity index (χ2v) is 6.52. The molecule has 0 saturated heterocycles. The summed E-state index contributed by atoms with van der Waals surface area (Å²) < 4.78 is 57.7. The molecular weight excluding hydrogens is 402 g/mol. The minimum Gasteiger partial charge on any atom is -0.454 e. The minimum atomic E-state index is -4.83. The molecule has 3 rings (SSSR count). The van der Waals surface area contributed by atoms with Gasteiger partial charge in [0, 0.05) is 11.4 Å². The third-order valence-corrected chi connectivity index (χ3v) is 4.35. The van der Waals surface area contributed by atoms with Crippen molar-refractivity contribution in [1.29, 1.82) is 0 Å². The Bertz CT molecular complexity index is 1100. The molecule has 9 heteroatoms. The Balaban J connectivity index is 1.75. The molecule has 30 heavy (non-hydrogen) atoms. The van der Waals surface area contributed by atoms with Crippen molar-refractivity contribution in [3.63, 3.8) is 0 Å². The number of hydrogen-bond acceptors (Lipinski definition) is 4. The van der Waals surface area contributed by atoms with Crippen molar-refractivity contribution in [3.05, 3.63) is 76.7 Å². The van der Waals surface area contributed by atoms with Crippen LogP contribution < -0.4 is 15.8 Å². The van der Waals surface area contributed by atoms with Gasteiger partial charge in [-0.15, -0.1) is 0 Å². The van der Waals surface area contributed by atoms with Crippen LogP contribution in [0.25, 0.3) is 0 Å². The van der Waals surface area contributed by atoms with E-state index in [2.05, 4.69) is 10.3 Å². The van der Waals surface area contributed by atoms with Crippen molar-refractivity contribution >= 4 is 17.4 Å². The molecule has 0 aliphatic rings. The number of carbonyl (C=O) groups is 1. The SMILES string of the molecule is Cc1cc(C(=O)Nc2ccc(Oc3cccc(C(F)(F)F)c3F)cc2)c(N)nc1C. The Hall–Kier alpha value is -3.62. The van der Waals surface area contributed by atoms with E-state index in [1.807, 2.05) is 0 Å². The highest BCUT2D eigenvalue weighted by Gasteiger charge is 2.35. The van der Waals surface area contributed by atoms with Crippen molar-refractivity contribution in [2.75, 3.05) is 11.1 Å². The molecule has 2 aromatic carbocycles. The first-order valence-electron chi connectivity index (χ1n) is 8.75. The molecule has 1 amide bonds. The molecular formula is C21H17F4N3O2. The summed E-state index contributed by atoms with van der Waals surface area (Å²) in [6.07, 6.45) is -4.83. The van der Waals surface area contributed by atoms with Gasteiger partial charge in [0.25, 0.3) is 5.91 Å². The zero-order valence-electron chi connectivity index (χ0n) is 16.0. The van der Waals surface area contributed by atoms with E-state index >= 15 is 0 Å². The molecule has 0 saturated carbocycles. The van der Waals surface area contributed by atoms with Crippen molar-refractivity contribution in [3.8, 4) is 11.5 Å². The predicted molar refractivity (Wildman–Crippen MR) is 104 cm³/mol. The van der Waals surface area contributed by atoms with Crippen LogP contribution >= 0.6 is 0 Å². The minimum absolute atomic E-state index is 0.0931. The van der Waals surface area contributed by atoms with Crippen LogP contribution in [0.4, 0.5) is 29.1 Å². The number of nitrogens with zero attached hydrogens (tertiary/aromatic N) is 1. The summed E-state index contributed by atoms with van der Waals surface area (Å²) in [5, 5.41) is 2.64. The molecule has 0 aliphatic heterocycles. The second-order valence-electron chi connectivity index (χ2n) is 6.52. The van der Waals surface area contributed by atoms with Gasteiger partial charge in [0.1, 0.15) is 11.6 Å². The maximum absolute atomic E-state index is 14.1. The van der Waals surface area contributed by atoms with E-state index in [4.69, 9.17) is 10.5 Å². The number of amides is 1. The number of carbonyl (C=O) groups excluding carboxylic acids is 1. The van der Waals surface area contributed by atoms with Gasteiger partial charge in [-0.3, -0.25) is 4.79 Å². The Labute approximate surface area is 169 Å². The van der Waals surface area contributed by atoms with Crippen LogP contribution in [-0.4, -0.2) is 10.9 Å². The van der Waals surface area contributed by atoms with Crippen LogP contribution in [-0.2, 0) is 6.18 Å². The number of rotatable bonds is 4. The van der Waals surface area contributed by atoms with E-state index in [0.29, 0.717) is 17.4 Å². The fourth-order valence-electron chi connectivity index (χ4n) is 2.65. The fraction of sp³-hybridized carbons (Fsp3) is 0.143. The van der Waals surface area contributed by atoms with Gasteiger partial charge in [0.15, 0.2) is 11.6 Å². The van der Waals surface area contributed by atoms with E-state index in [0.717, 1.165) is 17.7 Å². The lowest BCUT2D eigenvalue weighted by atomic mass is 10.1. The summed E-state index contributed by atoms with van der Waals surface area (Å²) in [6.45, 7) is 3.58. The number of aryl methyl sites for hydroxylation is 2. The molecule has 1 aromatic heterocycles. The predicted octanol–water partition coefficient (Wildman–Crippen LogP) is 5.48. The molecule has 3 aromatic rings. The first-order valence-corrected chi connectivity index (χ1v) is 8.75. The lowest BCUT2D eigenvalue weighted by Gasteiger charge is -2.13. The van der Waals surface area contributed by atoms with Crippen molar-refractivity contribution in [1.82, 2.24) is 4.98 Å². The Morgan fingerprint density at radius 3 is 2.40 bits per heavy atom. The lowest BCUT2D eigenvalue weighted by Crippen LogP contribution is -2.15.